The lowest BCUT2D eigenvalue weighted by molar-refractivity contribution is 0.101. The van der Waals surface area contributed by atoms with Crippen molar-refractivity contribution >= 4 is 33.2 Å². The monoisotopic (exact) mass is 409 g/mol. The van der Waals surface area contributed by atoms with Crippen molar-refractivity contribution in [2.24, 2.45) is 13.0 Å². The fourth-order valence-corrected chi connectivity index (χ4v) is 5.28. The van der Waals surface area contributed by atoms with Gasteiger partial charge in [0.2, 0.25) is 10.0 Å². The first-order chi connectivity index (χ1) is 12.7. The summed E-state index contributed by atoms with van der Waals surface area (Å²) in [7, 11) is -1.95. The third-order valence-electron chi connectivity index (χ3n) is 4.84. The topological polar surface area (TPSA) is 71.4 Å². The number of nitrogens with one attached hydrogen (secondary N) is 1. The van der Waals surface area contributed by atoms with Gasteiger partial charge in [0, 0.05) is 26.3 Å². The van der Waals surface area contributed by atoms with Crippen LogP contribution in [0.3, 0.4) is 0 Å². The summed E-state index contributed by atoms with van der Waals surface area (Å²) in [5.74, 6) is -0.0691. The Morgan fingerprint density at radius 1 is 1.30 bits per heavy atom. The second-order valence-electron chi connectivity index (χ2n) is 7.22. The van der Waals surface area contributed by atoms with E-state index in [1.165, 1.54) is 21.1 Å². The van der Waals surface area contributed by atoms with Crippen molar-refractivity contribution in [2.45, 2.75) is 31.6 Å². The van der Waals surface area contributed by atoms with Gasteiger partial charge in [-0.1, -0.05) is 24.6 Å². The molecule has 146 valence electrons. The van der Waals surface area contributed by atoms with Crippen molar-refractivity contribution in [3.05, 3.63) is 46.7 Å². The molecule has 1 saturated heterocycles. The number of aryl methyl sites for hydroxylation is 2. The zero-order valence-electron chi connectivity index (χ0n) is 15.7. The van der Waals surface area contributed by atoms with Crippen LogP contribution < -0.4 is 5.32 Å². The normalized spacial score (nSPS) is 18.4. The predicted molar refractivity (Wildman–Crippen MR) is 107 cm³/mol. The maximum Gasteiger partial charge on any atom is 0.272 e. The predicted octanol–water partition coefficient (Wildman–Crippen LogP) is 3.66. The molecule has 2 heterocycles. The SMILES string of the molecule is Cc1ccc(NC(=O)c2cc(S(=O)(=O)N3CCC[C@H](C)C3)cn2C)c(Cl)c1. The molecular formula is C19H24ClN3O3S. The highest BCUT2D eigenvalue weighted by Crippen LogP contribution is 2.26. The molecule has 2 aromatic rings. The molecule has 1 aliphatic heterocycles. The Labute approximate surface area is 165 Å². The van der Waals surface area contributed by atoms with Crippen LogP contribution in [0.5, 0.6) is 0 Å². The van der Waals surface area contributed by atoms with Gasteiger partial charge in [-0.15, -0.1) is 0 Å². The summed E-state index contributed by atoms with van der Waals surface area (Å²) in [6.45, 7) is 4.99. The molecule has 3 rings (SSSR count). The molecular weight excluding hydrogens is 386 g/mol. The molecule has 1 aromatic carbocycles. The second-order valence-corrected chi connectivity index (χ2v) is 9.56. The molecule has 1 N–H and O–H groups in total. The highest BCUT2D eigenvalue weighted by molar-refractivity contribution is 7.89. The van der Waals surface area contributed by atoms with Crippen molar-refractivity contribution in [1.82, 2.24) is 8.87 Å². The van der Waals surface area contributed by atoms with Crippen molar-refractivity contribution in [1.29, 1.82) is 0 Å². The molecule has 1 atom stereocenters. The number of aromatic nitrogens is 1. The van der Waals surface area contributed by atoms with Gasteiger partial charge in [0.15, 0.2) is 0 Å². The second kappa shape index (κ2) is 7.66. The van der Waals surface area contributed by atoms with Crippen molar-refractivity contribution in [3.63, 3.8) is 0 Å². The molecule has 0 spiro atoms. The van der Waals surface area contributed by atoms with Crippen LogP contribution in [0.2, 0.25) is 5.02 Å². The molecule has 1 aliphatic rings. The van der Waals surface area contributed by atoms with Crippen LogP contribution in [0.25, 0.3) is 0 Å². The van der Waals surface area contributed by atoms with Crippen molar-refractivity contribution < 1.29 is 13.2 Å². The van der Waals surface area contributed by atoms with Gasteiger partial charge in [-0.3, -0.25) is 4.79 Å². The van der Waals surface area contributed by atoms with Gasteiger partial charge < -0.3 is 9.88 Å². The van der Waals surface area contributed by atoms with Crippen LogP contribution >= 0.6 is 11.6 Å². The molecule has 0 bridgehead atoms. The lowest BCUT2D eigenvalue weighted by Gasteiger charge is -2.29. The summed E-state index contributed by atoms with van der Waals surface area (Å²) in [6.07, 6.45) is 3.37. The molecule has 8 heteroatoms. The van der Waals surface area contributed by atoms with E-state index in [1.54, 1.807) is 19.2 Å². The number of benzene rings is 1. The minimum atomic E-state index is -3.61. The Morgan fingerprint density at radius 2 is 2.04 bits per heavy atom. The van der Waals surface area contributed by atoms with E-state index in [0.29, 0.717) is 29.7 Å². The number of anilines is 1. The van der Waals surface area contributed by atoms with E-state index >= 15 is 0 Å². The quantitative estimate of drug-likeness (QED) is 0.837. The first-order valence-corrected chi connectivity index (χ1v) is 10.7. The van der Waals surface area contributed by atoms with Crippen molar-refractivity contribution in [3.8, 4) is 0 Å². The maximum atomic E-state index is 12.9. The lowest BCUT2D eigenvalue weighted by Crippen LogP contribution is -2.38. The molecule has 0 aliphatic carbocycles. The Kier molecular flexibility index (Phi) is 5.65. The van der Waals surface area contributed by atoms with Crippen LogP contribution in [0.1, 0.15) is 35.8 Å². The summed E-state index contributed by atoms with van der Waals surface area (Å²) in [5.41, 5.74) is 1.74. The zero-order chi connectivity index (χ0) is 19.8. The highest BCUT2D eigenvalue weighted by atomic mass is 35.5. The number of hydrogen-bond donors (Lipinski definition) is 1. The summed E-state index contributed by atoms with van der Waals surface area (Å²) in [6, 6.07) is 6.76. The van der Waals surface area contributed by atoms with Crippen LogP contribution in [0, 0.1) is 12.8 Å². The number of hydrogen-bond acceptors (Lipinski definition) is 3. The molecule has 0 unspecified atom stereocenters. The van der Waals surface area contributed by atoms with Crippen LogP contribution in [0.4, 0.5) is 5.69 Å². The third-order valence-corrected chi connectivity index (χ3v) is 6.99. The van der Waals surface area contributed by atoms with E-state index in [2.05, 4.69) is 12.2 Å². The number of amides is 1. The van der Waals surface area contributed by atoms with Gasteiger partial charge in [0.25, 0.3) is 5.91 Å². The fourth-order valence-electron chi connectivity index (χ4n) is 3.32. The van der Waals surface area contributed by atoms with Crippen LogP contribution in [0.15, 0.2) is 35.4 Å². The number of carbonyl (C=O) groups is 1. The maximum absolute atomic E-state index is 12.9. The number of nitrogens with zero attached hydrogens (tertiary/aromatic N) is 2. The highest BCUT2D eigenvalue weighted by Gasteiger charge is 2.30. The number of piperidine rings is 1. The standard InChI is InChI=1S/C19H24ClN3O3S/c1-13-6-7-17(16(20)9-13)21-19(24)18-10-15(12-22(18)3)27(25,26)23-8-4-5-14(2)11-23/h6-7,9-10,12,14H,4-5,8,11H2,1-3H3,(H,21,24)/t14-/m0/s1. The summed E-state index contributed by atoms with van der Waals surface area (Å²) < 4.78 is 28.9. The third kappa shape index (κ3) is 4.20. The van der Waals surface area contributed by atoms with Gasteiger partial charge in [-0.25, -0.2) is 8.42 Å². The largest absolute Gasteiger partial charge is 0.345 e. The van der Waals surface area contributed by atoms with E-state index in [9.17, 15) is 13.2 Å². The average Bonchev–Trinajstić information content (AvgIpc) is 3.00. The first kappa shape index (κ1) is 19.9. The van der Waals surface area contributed by atoms with Gasteiger partial charge in [-0.2, -0.15) is 4.31 Å². The van der Waals surface area contributed by atoms with Crippen LogP contribution in [-0.4, -0.2) is 36.3 Å². The average molecular weight is 410 g/mol. The number of carbonyl (C=O) groups excluding carboxylic acids is 1. The molecule has 27 heavy (non-hydrogen) atoms. The van der Waals surface area contributed by atoms with E-state index in [-0.39, 0.29) is 10.6 Å². The van der Waals surface area contributed by atoms with Gasteiger partial charge in [0.1, 0.15) is 10.6 Å². The van der Waals surface area contributed by atoms with E-state index in [1.807, 2.05) is 13.0 Å². The number of halogens is 1. The van der Waals surface area contributed by atoms with Crippen LogP contribution in [-0.2, 0) is 17.1 Å². The Hall–Kier alpha value is -1.83. The molecule has 0 saturated carbocycles. The van der Waals surface area contributed by atoms with E-state index in [4.69, 9.17) is 11.6 Å². The molecule has 6 nitrogen and oxygen atoms in total. The van der Waals surface area contributed by atoms with Gasteiger partial charge in [0.05, 0.1) is 10.7 Å². The molecule has 1 aromatic heterocycles. The zero-order valence-corrected chi connectivity index (χ0v) is 17.3. The smallest absolute Gasteiger partial charge is 0.272 e. The molecule has 0 radical (unpaired) electrons. The van der Waals surface area contributed by atoms with Gasteiger partial charge >= 0.3 is 0 Å². The van der Waals surface area contributed by atoms with Crippen molar-refractivity contribution in [2.75, 3.05) is 18.4 Å². The molecule has 1 fully saturated rings. The summed E-state index contributed by atoms with van der Waals surface area (Å²) in [4.78, 5) is 12.8. The first-order valence-electron chi connectivity index (χ1n) is 8.92. The summed E-state index contributed by atoms with van der Waals surface area (Å²) >= 11 is 6.17. The Morgan fingerprint density at radius 3 is 2.70 bits per heavy atom. The van der Waals surface area contributed by atoms with Gasteiger partial charge in [-0.05, 0) is 49.4 Å². The lowest BCUT2D eigenvalue weighted by atomic mass is 10.0. The Bertz CT molecular complexity index is 969. The Balaban J connectivity index is 1.84. The number of sulfonamides is 1. The summed E-state index contributed by atoms with van der Waals surface area (Å²) in [5, 5.41) is 3.18. The van der Waals surface area contributed by atoms with E-state index < -0.39 is 15.9 Å². The van der Waals surface area contributed by atoms with E-state index in [0.717, 1.165) is 18.4 Å². The minimum absolute atomic E-state index is 0.138. The fraction of sp³-hybridized carbons (Fsp3) is 0.421. The minimum Gasteiger partial charge on any atom is -0.345 e. The molecule has 1 amide bonds. The number of rotatable bonds is 4.